The average molecular weight is 465 g/mol. The second kappa shape index (κ2) is 10.6. The summed E-state index contributed by atoms with van der Waals surface area (Å²) in [5.74, 6) is 2.27. The minimum absolute atomic E-state index is 0.00197. The molecule has 0 unspecified atom stereocenters. The smallest absolute Gasteiger partial charge is 0.321 e. The molecule has 0 bridgehead atoms. The zero-order valence-corrected chi connectivity index (χ0v) is 18.9. The van der Waals surface area contributed by atoms with E-state index in [1.165, 1.54) is 13.2 Å². The SMILES string of the molecule is [B]C([B])([B])NC(=O)c1nnc(NC(=O)NCC#C)cc1Nc1cccc(-c2ncn(C)n2)c1OC. The van der Waals surface area contributed by atoms with Gasteiger partial charge in [0.05, 0.1) is 54.1 Å². The monoisotopic (exact) mass is 465 g/mol. The Balaban J connectivity index is 2.02. The Morgan fingerprint density at radius 1 is 1.23 bits per heavy atom. The molecule has 1 aromatic carbocycles. The number of carbonyl (C=O) groups excluding carboxylic acids is 2. The number of methoxy groups -OCH3 is 1. The fraction of sp³-hybridized carbons (Fsp3) is 0.200. The third-order valence-electron chi connectivity index (χ3n) is 4.26. The Bertz CT molecular complexity index is 1280. The molecule has 3 aromatic rings. The maximum absolute atomic E-state index is 12.7. The first kappa shape index (κ1) is 25.2. The van der Waals surface area contributed by atoms with Crippen molar-refractivity contribution in [3.05, 3.63) is 36.3 Å². The fourth-order valence-electron chi connectivity index (χ4n) is 2.90. The molecule has 3 rings (SSSR count). The molecular formula is C20H18B3N9O3. The Labute approximate surface area is 205 Å². The molecule has 0 saturated heterocycles. The van der Waals surface area contributed by atoms with Gasteiger partial charge in [0.2, 0.25) is 0 Å². The fourth-order valence-corrected chi connectivity index (χ4v) is 2.90. The van der Waals surface area contributed by atoms with Gasteiger partial charge in [-0.1, -0.05) is 17.2 Å². The summed E-state index contributed by atoms with van der Waals surface area (Å²) in [7, 11) is 19.7. The molecule has 0 aliphatic heterocycles. The number of ether oxygens (including phenoxy) is 1. The summed E-state index contributed by atoms with van der Waals surface area (Å²) in [6.07, 6.45) is 6.69. The molecule has 0 aliphatic carbocycles. The zero-order chi connectivity index (χ0) is 25.6. The Morgan fingerprint density at radius 3 is 2.63 bits per heavy atom. The molecule has 2 aromatic heterocycles. The summed E-state index contributed by atoms with van der Waals surface area (Å²) in [5, 5.41) is 20.2. The van der Waals surface area contributed by atoms with Crippen LogP contribution in [0, 0.1) is 12.3 Å². The molecule has 35 heavy (non-hydrogen) atoms. The second-order valence-electron chi connectivity index (χ2n) is 7.14. The van der Waals surface area contributed by atoms with Gasteiger partial charge in [-0.15, -0.1) is 16.6 Å². The van der Waals surface area contributed by atoms with Crippen molar-refractivity contribution in [2.24, 2.45) is 7.05 Å². The number of para-hydroxylation sites is 1. The molecule has 0 saturated carbocycles. The zero-order valence-electron chi connectivity index (χ0n) is 18.9. The van der Waals surface area contributed by atoms with E-state index < -0.39 is 17.2 Å². The summed E-state index contributed by atoms with van der Waals surface area (Å²) < 4.78 is 7.13. The van der Waals surface area contributed by atoms with Crippen LogP contribution in [0.4, 0.5) is 22.0 Å². The number of terminal acetylenes is 1. The van der Waals surface area contributed by atoms with E-state index in [0.717, 1.165) is 0 Å². The number of carbonyl (C=O) groups is 2. The third kappa shape index (κ3) is 6.54. The number of aryl methyl sites for hydroxylation is 1. The molecule has 0 spiro atoms. The number of urea groups is 1. The van der Waals surface area contributed by atoms with Gasteiger partial charge in [-0.25, -0.2) is 9.78 Å². The average Bonchev–Trinajstić information content (AvgIpc) is 3.22. The molecule has 0 aliphatic rings. The van der Waals surface area contributed by atoms with Crippen LogP contribution in [0.3, 0.4) is 0 Å². The first-order chi connectivity index (χ1) is 16.6. The number of hydrogen-bond donors (Lipinski definition) is 4. The first-order valence-electron chi connectivity index (χ1n) is 9.96. The van der Waals surface area contributed by atoms with Gasteiger partial charge >= 0.3 is 6.03 Å². The Kier molecular flexibility index (Phi) is 7.65. The van der Waals surface area contributed by atoms with Gasteiger partial charge in [0.15, 0.2) is 23.1 Å². The van der Waals surface area contributed by atoms with Crippen molar-refractivity contribution < 1.29 is 14.3 Å². The molecule has 0 atom stereocenters. The highest BCUT2D eigenvalue weighted by molar-refractivity contribution is 6.60. The highest BCUT2D eigenvalue weighted by Gasteiger charge is 2.22. The van der Waals surface area contributed by atoms with Crippen molar-refractivity contribution in [3.63, 3.8) is 0 Å². The van der Waals surface area contributed by atoms with Gasteiger partial charge in [-0.3, -0.25) is 14.8 Å². The number of amides is 3. The van der Waals surface area contributed by atoms with Crippen LogP contribution < -0.4 is 26.0 Å². The number of nitrogens with zero attached hydrogens (tertiary/aromatic N) is 5. The van der Waals surface area contributed by atoms with Crippen LogP contribution in [0.1, 0.15) is 10.5 Å². The lowest BCUT2D eigenvalue weighted by molar-refractivity contribution is 0.0947. The minimum Gasteiger partial charge on any atom is -0.494 e. The van der Waals surface area contributed by atoms with Crippen LogP contribution in [0.25, 0.3) is 11.4 Å². The largest absolute Gasteiger partial charge is 0.494 e. The lowest BCUT2D eigenvalue weighted by atomic mass is 9.49. The normalized spacial score (nSPS) is 10.7. The van der Waals surface area contributed by atoms with E-state index in [1.807, 2.05) is 0 Å². The summed E-state index contributed by atoms with van der Waals surface area (Å²) in [4.78, 5) is 29.0. The highest BCUT2D eigenvalue weighted by atomic mass is 16.5. The van der Waals surface area contributed by atoms with E-state index in [2.05, 4.69) is 47.5 Å². The summed E-state index contributed by atoms with van der Waals surface area (Å²) in [6, 6.07) is 5.95. The van der Waals surface area contributed by atoms with Crippen LogP contribution in [0.2, 0.25) is 0 Å². The molecule has 15 heteroatoms. The van der Waals surface area contributed by atoms with Gasteiger partial charge in [0.25, 0.3) is 5.91 Å². The Hall–Kier alpha value is -4.47. The van der Waals surface area contributed by atoms with Crippen molar-refractivity contribution in [3.8, 4) is 29.5 Å². The lowest BCUT2D eigenvalue weighted by Crippen LogP contribution is -2.50. The maximum atomic E-state index is 12.7. The number of hydrogen-bond acceptors (Lipinski definition) is 8. The third-order valence-corrected chi connectivity index (χ3v) is 4.26. The van der Waals surface area contributed by atoms with E-state index in [1.54, 1.807) is 36.3 Å². The summed E-state index contributed by atoms with van der Waals surface area (Å²) >= 11 is 0. The molecule has 2 heterocycles. The van der Waals surface area contributed by atoms with Crippen LogP contribution in [-0.2, 0) is 7.05 Å². The van der Waals surface area contributed by atoms with Crippen molar-refractivity contribution in [1.29, 1.82) is 0 Å². The molecule has 12 nitrogen and oxygen atoms in total. The standard InChI is InChI=1S/C20H18B3N9O3/c1-4-8-24-19(34)27-14-9-13(15(30-29-14)18(33)28-20(21,22)23)26-12-7-5-6-11(16(12)35-3)17-25-10-32(2)31-17/h1,5-7,9-10H,8H2,2-3H3,(H,28,33)(H3,24,26,27,29,34). The Morgan fingerprint density at radius 2 is 2.00 bits per heavy atom. The van der Waals surface area contributed by atoms with Crippen molar-refractivity contribution in [1.82, 2.24) is 35.6 Å². The second-order valence-corrected chi connectivity index (χ2v) is 7.14. The van der Waals surface area contributed by atoms with E-state index in [4.69, 9.17) is 34.7 Å². The van der Waals surface area contributed by atoms with Crippen LogP contribution >= 0.6 is 0 Å². The minimum atomic E-state index is -2.01. The molecule has 0 fully saturated rings. The quantitative estimate of drug-likeness (QED) is 0.260. The van der Waals surface area contributed by atoms with Gasteiger partial charge in [-0.2, -0.15) is 5.10 Å². The van der Waals surface area contributed by atoms with Gasteiger partial charge in [0, 0.05) is 13.1 Å². The maximum Gasteiger partial charge on any atom is 0.321 e. The summed E-state index contributed by atoms with van der Waals surface area (Å²) in [5.41, 5.74) is 0.928. The predicted octanol–water partition coefficient (Wildman–Crippen LogP) is -0.374. The molecule has 170 valence electrons. The van der Waals surface area contributed by atoms with Gasteiger partial charge < -0.3 is 20.7 Å². The number of nitrogens with one attached hydrogen (secondary N) is 4. The van der Waals surface area contributed by atoms with E-state index >= 15 is 0 Å². The topological polar surface area (TPSA) is 148 Å². The number of aromatic nitrogens is 5. The lowest BCUT2D eigenvalue weighted by Gasteiger charge is -2.23. The van der Waals surface area contributed by atoms with Gasteiger partial charge in [-0.05, 0) is 12.1 Å². The highest BCUT2D eigenvalue weighted by Crippen LogP contribution is 2.37. The predicted molar refractivity (Wildman–Crippen MR) is 132 cm³/mol. The van der Waals surface area contributed by atoms with Gasteiger partial charge in [0.1, 0.15) is 6.33 Å². The van der Waals surface area contributed by atoms with Crippen LogP contribution in [-0.4, -0.2) is 79.3 Å². The van der Waals surface area contributed by atoms with E-state index in [-0.39, 0.29) is 23.7 Å². The van der Waals surface area contributed by atoms with Crippen LogP contribution in [0.15, 0.2) is 30.6 Å². The first-order valence-corrected chi connectivity index (χ1v) is 9.96. The van der Waals surface area contributed by atoms with E-state index in [0.29, 0.717) is 22.8 Å². The molecule has 3 amide bonds. The number of anilines is 3. The molecular weight excluding hydrogens is 447 g/mol. The number of rotatable bonds is 8. The van der Waals surface area contributed by atoms with Crippen molar-refractivity contribution >= 4 is 52.7 Å². The summed E-state index contributed by atoms with van der Waals surface area (Å²) in [6.45, 7) is 0.00197. The van der Waals surface area contributed by atoms with Crippen LogP contribution in [0.5, 0.6) is 5.75 Å². The molecule has 6 radical (unpaired) electrons. The van der Waals surface area contributed by atoms with Crippen molar-refractivity contribution in [2.45, 2.75) is 5.24 Å². The van der Waals surface area contributed by atoms with Crippen molar-refractivity contribution in [2.75, 3.05) is 24.3 Å². The number of benzene rings is 1. The molecule has 4 N–H and O–H groups in total. The van der Waals surface area contributed by atoms with E-state index in [9.17, 15) is 9.59 Å².